The van der Waals surface area contributed by atoms with Crippen LogP contribution in [-0.4, -0.2) is 17.6 Å². The highest BCUT2D eigenvalue weighted by Crippen LogP contribution is 2.33. The van der Waals surface area contributed by atoms with E-state index in [1.54, 1.807) is 54.6 Å². The van der Waals surface area contributed by atoms with Gasteiger partial charge in [-0.25, -0.2) is 0 Å². The number of benzene rings is 3. The second-order valence-corrected chi connectivity index (χ2v) is 6.25. The molecular weight excluding hydrogens is 367 g/mol. The number of halogens is 3. The van der Waals surface area contributed by atoms with Crippen molar-refractivity contribution in [3.8, 4) is 11.1 Å². The van der Waals surface area contributed by atoms with Gasteiger partial charge in [0.1, 0.15) is 0 Å². The predicted molar refractivity (Wildman–Crippen MR) is 102 cm³/mol. The highest BCUT2D eigenvalue weighted by atomic mass is 19.4. The molecule has 0 saturated carbocycles. The first-order valence-electron chi connectivity index (χ1n) is 8.66. The van der Waals surface area contributed by atoms with Gasteiger partial charge in [-0.2, -0.15) is 13.2 Å². The molecule has 28 heavy (non-hydrogen) atoms. The molecule has 0 bridgehead atoms. The molecule has 0 fully saturated rings. The number of amides is 1. The van der Waals surface area contributed by atoms with Crippen LogP contribution in [0.1, 0.15) is 21.5 Å². The van der Waals surface area contributed by atoms with Crippen LogP contribution in [0.3, 0.4) is 0 Å². The monoisotopic (exact) mass is 385 g/mol. The minimum Gasteiger partial charge on any atom is -0.396 e. The number of nitrogens with one attached hydrogen (secondary N) is 1. The first-order chi connectivity index (χ1) is 13.4. The molecule has 3 rings (SSSR count). The van der Waals surface area contributed by atoms with Gasteiger partial charge in [-0.15, -0.1) is 0 Å². The third-order valence-corrected chi connectivity index (χ3v) is 4.29. The van der Waals surface area contributed by atoms with Crippen molar-refractivity contribution in [1.29, 1.82) is 0 Å². The van der Waals surface area contributed by atoms with Crippen LogP contribution in [0.2, 0.25) is 0 Å². The zero-order valence-electron chi connectivity index (χ0n) is 14.8. The van der Waals surface area contributed by atoms with Gasteiger partial charge in [0, 0.05) is 17.9 Å². The molecule has 6 heteroatoms. The third kappa shape index (κ3) is 4.58. The summed E-state index contributed by atoms with van der Waals surface area (Å²) in [7, 11) is 0. The number of aliphatic hydroxyl groups excluding tert-OH is 1. The number of rotatable bonds is 5. The molecule has 0 spiro atoms. The highest BCUT2D eigenvalue weighted by molar-refractivity contribution is 6.08. The van der Waals surface area contributed by atoms with Crippen LogP contribution < -0.4 is 5.32 Å². The predicted octanol–water partition coefficient (Wildman–Crippen LogP) is 5.16. The fraction of sp³-hybridized carbons (Fsp3) is 0.136. The van der Waals surface area contributed by atoms with E-state index in [0.717, 1.165) is 17.7 Å². The molecule has 0 heterocycles. The molecular formula is C22H18F3NO2. The maximum absolute atomic E-state index is 13.2. The minimum atomic E-state index is -4.55. The summed E-state index contributed by atoms with van der Waals surface area (Å²) in [5, 5.41) is 11.6. The first kappa shape index (κ1) is 19.6. The van der Waals surface area contributed by atoms with Gasteiger partial charge in [0.25, 0.3) is 5.91 Å². The van der Waals surface area contributed by atoms with Crippen molar-refractivity contribution in [3.63, 3.8) is 0 Å². The molecule has 3 aromatic rings. The third-order valence-electron chi connectivity index (χ3n) is 4.29. The summed E-state index contributed by atoms with van der Waals surface area (Å²) in [6, 6.07) is 18.7. The van der Waals surface area contributed by atoms with Crippen molar-refractivity contribution in [1.82, 2.24) is 0 Å². The molecule has 0 saturated heterocycles. The maximum Gasteiger partial charge on any atom is 0.416 e. The van der Waals surface area contributed by atoms with Crippen molar-refractivity contribution in [2.45, 2.75) is 12.6 Å². The van der Waals surface area contributed by atoms with Crippen LogP contribution in [0, 0.1) is 0 Å². The van der Waals surface area contributed by atoms with Gasteiger partial charge in [0.05, 0.1) is 5.56 Å². The largest absolute Gasteiger partial charge is 0.416 e. The molecule has 0 atom stereocenters. The molecule has 144 valence electrons. The normalized spacial score (nSPS) is 11.3. The van der Waals surface area contributed by atoms with E-state index in [1.807, 2.05) is 0 Å². The number of carbonyl (C=O) groups excluding carboxylic acids is 1. The summed E-state index contributed by atoms with van der Waals surface area (Å²) in [5.41, 5.74) is 1.49. The number of aliphatic hydroxyl groups is 1. The Kier molecular flexibility index (Phi) is 5.80. The zero-order valence-corrected chi connectivity index (χ0v) is 14.8. The zero-order chi connectivity index (χ0) is 20.1. The summed E-state index contributed by atoms with van der Waals surface area (Å²) in [5.74, 6) is -0.625. The van der Waals surface area contributed by atoms with Gasteiger partial charge < -0.3 is 10.4 Å². The molecule has 0 aliphatic carbocycles. The fourth-order valence-electron chi connectivity index (χ4n) is 2.86. The summed E-state index contributed by atoms with van der Waals surface area (Å²) >= 11 is 0. The van der Waals surface area contributed by atoms with Gasteiger partial charge in [0.2, 0.25) is 0 Å². The van der Waals surface area contributed by atoms with E-state index in [9.17, 15) is 18.0 Å². The van der Waals surface area contributed by atoms with E-state index >= 15 is 0 Å². The van der Waals surface area contributed by atoms with Gasteiger partial charge >= 0.3 is 6.18 Å². The van der Waals surface area contributed by atoms with Gasteiger partial charge in [0.15, 0.2) is 0 Å². The van der Waals surface area contributed by atoms with Crippen LogP contribution in [-0.2, 0) is 12.6 Å². The lowest BCUT2D eigenvalue weighted by Gasteiger charge is -2.14. The summed E-state index contributed by atoms with van der Waals surface area (Å²) < 4.78 is 39.5. The van der Waals surface area contributed by atoms with E-state index < -0.39 is 17.6 Å². The number of hydrogen-bond acceptors (Lipinski definition) is 2. The van der Waals surface area contributed by atoms with E-state index in [1.165, 1.54) is 6.07 Å². The highest BCUT2D eigenvalue weighted by Gasteiger charge is 2.32. The number of hydrogen-bond donors (Lipinski definition) is 2. The summed E-state index contributed by atoms with van der Waals surface area (Å²) in [6.07, 6.45) is -4.06. The van der Waals surface area contributed by atoms with Crippen LogP contribution in [0.5, 0.6) is 0 Å². The first-order valence-corrected chi connectivity index (χ1v) is 8.66. The molecule has 0 aromatic heterocycles. The molecule has 1 amide bonds. The number of anilines is 1. The van der Waals surface area contributed by atoms with Gasteiger partial charge in [-0.3, -0.25) is 4.79 Å². The SMILES string of the molecule is O=C(Nc1ccc(CCO)cc1)c1cc(C(F)(F)F)ccc1-c1ccccc1. The van der Waals surface area contributed by atoms with E-state index in [4.69, 9.17) is 5.11 Å². The average Bonchev–Trinajstić information content (AvgIpc) is 2.69. The Morgan fingerprint density at radius 1 is 0.929 bits per heavy atom. The Morgan fingerprint density at radius 3 is 2.21 bits per heavy atom. The number of alkyl halides is 3. The van der Waals surface area contributed by atoms with Gasteiger partial charge in [-0.1, -0.05) is 48.5 Å². The number of carbonyl (C=O) groups is 1. The maximum atomic E-state index is 13.2. The Balaban J connectivity index is 1.96. The Bertz CT molecular complexity index is 952. The second-order valence-electron chi connectivity index (χ2n) is 6.25. The second kappa shape index (κ2) is 8.27. The van der Waals surface area contributed by atoms with E-state index in [-0.39, 0.29) is 12.2 Å². The quantitative estimate of drug-likeness (QED) is 0.637. The lowest BCUT2D eigenvalue weighted by atomic mass is 9.96. The average molecular weight is 385 g/mol. The Hall–Kier alpha value is -3.12. The molecule has 0 aliphatic rings. The fourth-order valence-corrected chi connectivity index (χ4v) is 2.86. The summed E-state index contributed by atoms with van der Waals surface area (Å²) in [6.45, 7) is 0.0103. The molecule has 2 N–H and O–H groups in total. The van der Waals surface area contributed by atoms with Crippen molar-refractivity contribution in [2.75, 3.05) is 11.9 Å². The Morgan fingerprint density at radius 2 is 1.61 bits per heavy atom. The van der Waals surface area contributed by atoms with E-state index in [0.29, 0.717) is 23.2 Å². The molecule has 3 nitrogen and oxygen atoms in total. The van der Waals surface area contributed by atoms with Crippen LogP contribution >= 0.6 is 0 Å². The van der Waals surface area contributed by atoms with Crippen molar-refractivity contribution >= 4 is 11.6 Å². The van der Waals surface area contributed by atoms with Crippen molar-refractivity contribution in [2.24, 2.45) is 0 Å². The van der Waals surface area contributed by atoms with Crippen LogP contribution in [0.15, 0.2) is 72.8 Å². The smallest absolute Gasteiger partial charge is 0.396 e. The minimum absolute atomic E-state index is 0.0103. The molecule has 0 unspecified atom stereocenters. The van der Waals surface area contributed by atoms with Crippen molar-refractivity contribution < 1.29 is 23.1 Å². The molecule has 0 aliphatic heterocycles. The van der Waals surface area contributed by atoms with Gasteiger partial charge in [-0.05, 0) is 47.4 Å². The van der Waals surface area contributed by atoms with Crippen LogP contribution in [0.4, 0.5) is 18.9 Å². The van der Waals surface area contributed by atoms with Crippen LogP contribution in [0.25, 0.3) is 11.1 Å². The van der Waals surface area contributed by atoms with E-state index in [2.05, 4.69) is 5.32 Å². The Labute approximate surface area is 160 Å². The molecule has 3 aromatic carbocycles. The van der Waals surface area contributed by atoms with Crippen molar-refractivity contribution in [3.05, 3.63) is 89.5 Å². The topological polar surface area (TPSA) is 49.3 Å². The lowest BCUT2D eigenvalue weighted by Crippen LogP contribution is -2.15. The lowest BCUT2D eigenvalue weighted by molar-refractivity contribution is -0.137. The summed E-state index contributed by atoms with van der Waals surface area (Å²) in [4.78, 5) is 12.8. The standard InChI is InChI=1S/C22H18F3NO2/c23-22(24,25)17-8-11-19(16-4-2-1-3-5-16)20(14-17)21(28)26-18-9-6-15(7-10-18)12-13-27/h1-11,14,27H,12-13H2,(H,26,28). The molecule has 0 radical (unpaired) electrons.